The van der Waals surface area contributed by atoms with Gasteiger partial charge < -0.3 is 0 Å². The summed E-state index contributed by atoms with van der Waals surface area (Å²) in [5.74, 6) is -1.30. The molecule has 34 heavy (non-hydrogen) atoms. The molecule has 1 atom stereocenters. The molecule has 0 bridgehead atoms. The number of carboxylic acid groups (broad SMARTS) is 1. The topological polar surface area (TPSA) is 101 Å². The summed E-state index contributed by atoms with van der Waals surface area (Å²) in [6.07, 6.45) is 3.15. The van der Waals surface area contributed by atoms with Crippen LogP contribution in [0.1, 0.15) is 38.4 Å². The van der Waals surface area contributed by atoms with Gasteiger partial charge in [-0.05, 0) is 0 Å². The Morgan fingerprint density at radius 1 is 1.18 bits per heavy atom. The molecule has 0 aliphatic carbocycles. The molecule has 0 saturated carbocycles. The Hall–Kier alpha value is -3.24. The van der Waals surface area contributed by atoms with Crippen LogP contribution in [-0.4, -0.2) is 28.5 Å². The Morgan fingerprint density at radius 2 is 1.91 bits per heavy atom. The number of nitrogens with two attached hydrogens (primary N) is 1. The number of carbonyl (C=O) groups is 1. The predicted octanol–water partition coefficient (Wildman–Crippen LogP) is 2.57. The fourth-order valence-electron chi connectivity index (χ4n) is 4.42. The normalized spacial score (nSPS) is 16.2. The van der Waals surface area contributed by atoms with Gasteiger partial charge in [0, 0.05) is 0 Å². The zero-order chi connectivity index (χ0) is 23.8. The van der Waals surface area contributed by atoms with Crippen molar-refractivity contribution in [1.82, 2.24) is 4.57 Å². The summed E-state index contributed by atoms with van der Waals surface area (Å²) in [6.45, 7) is 0.758. The monoisotopic (exact) mass is 570 g/mol. The van der Waals surface area contributed by atoms with Gasteiger partial charge in [-0.3, -0.25) is 0 Å². The molecule has 1 saturated heterocycles. The summed E-state index contributed by atoms with van der Waals surface area (Å²) in [5.41, 5.74) is 12.2. The van der Waals surface area contributed by atoms with E-state index in [1.165, 1.54) is 18.3 Å². The van der Waals surface area contributed by atoms with Crippen LogP contribution in [0.4, 0.5) is 10.1 Å². The second kappa shape index (κ2) is 9.19. The number of rotatable bonds is 5. The summed E-state index contributed by atoms with van der Waals surface area (Å²) in [5, 5.41) is 18.1. The number of hydrogen-bond acceptors (Lipinski definition) is 4. The summed E-state index contributed by atoms with van der Waals surface area (Å²) in [6, 6.07) is 17.0. The van der Waals surface area contributed by atoms with Crippen molar-refractivity contribution in [2.45, 2.75) is 16.8 Å². The second-order valence-electron chi connectivity index (χ2n) is 8.11. The SMILES string of the molecule is N=Cc1cc2c(cc1N)c(-c1ccc(C(=O)O)cc1)c(C1CCCO[I-]1)n2-c1ccc(F)cc1. The Balaban J connectivity index is 1.88. The fraction of sp³-hybridized carbons (Fsp3) is 0.154. The molecule has 4 N–H and O–H groups in total. The Morgan fingerprint density at radius 3 is 2.53 bits per heavy atom. The second-order valence-corrected chi connectivity index (χ2v) is 10.7. The molecule has 3 aromatic carbocycles. The molecule has 0 radical (unpaired) electrons. The number of carboxylic acids is 1. The number of alkyl halides is 1. The molecule has 5 rings (SSSR count). The van der Waals surface area contributed by atoms with Crippen LogP contribution >= 0.6 is 0 Å². The van der Waals surface area contributed by atoms with Crippen molar-refractivity contribution < 1.29 is 39.0 Å². The van der Waals surface area contributed by atoms with Gasteiger partial charge in [0.2, 0.25) is 0 Å². The zero-order valence-corrected chi connectivity index (χ0v) is 20.3. The van der Waals surface area contributed by atoms with Crippen molar-refractivity contribution in [1.29, 1.82) is 5.41 Å². The third-order valence-electron chi connectivity index (χ3n) is 6.02. The third-order valence-corrected chi connectivity index (χ3v) is 8.64. The molecule has 1 unspecified atom stereocenters. The molecule has 2 heterocycles. The van der Waals surface area contributed by atoms with E-state index in [9.17, 15) is 14.3 Å². The van der Waals surface area contributed by atoms with Gasteiger partial charge in [0.25, 0.3) is 0 Å². The number of fused-ring (bicyclic) bond motifs is 1. The first kappa shape index (κ1) is 22.5. The number of anilines is 1. The van der Waals surface area contributed by atoms with Gasteiger partial charge in [-0.25, -0.2) is 0 Å². The van der Waals surface area contributed by atoms with E-state index in [0.29, 0.717) is 11.3 Å². The maximum absolute atomic E-state index is 13.8. The minimum atomic E-state index is -0.980. The van der Waals surface area contributed by atoms with E-state index >= 15 is 0 Å². The van der Waals surface area contributed by atoms with Gasteiger partial charge in [0.1, 0.15) is 0 Å². The first-order chi connectivity index (χ1) is 16.5. The van der Waals surface area contributed by atoms with Crippen molar-refractivity contribution in [2.75, 3.05) is 12.3 Å². The van der Waals surface area contributed by atoms with Gasteiger partial charge in [-0.15, -0.1) is 0 Å². The molecule has 0 spiro atoms. The molecule has 1 fully saturated rings. The predicted molar refractivity (Wildman–Crippen MR) is 126 cm³/mol. The zero-order valence-electron chi connectivity index (χ0n) is 18.1. The van der Waals surface area contributed by atoms with Gasteiger partial charge >= 0.3 is 207 Å². The molecule has 6 nitrogen and oxygen atoms in total. The van der Waals surface area contributed by atoms with Gasteiger partial charge in [-0.2, -0.15) is 0 Å². The Bertz CT molecular complexity index is 1390. The van der Waals surface area contributed by atoms with Gasteiger partial charge in [-0.1, -0.05) is 0 Å². The number of nitrogens with zero attached hydrogens (tertiary/aromatic N) is 1. The quantitative estimate of drug-likeness (QED) is 0.149. The number of aromatic carboxylic acids is 1. The number of halogens is 2. The van der Waals surface area contributed by atoms with E-state index in [-0.39, 0.29) is 15.3 Å². The summed E-state index contributed by atoms with van der Waals surface area (Å²) >= 11 is -0.593. The van der Waals surface area contributed by atoms with Crippen molar-refractivity contribution >= 4 is 28.8 Å². The van der Waals surface area contributed by atoms with E-state index in [1.807, 2.05) is 24.3 Å². The Kier molecular flexibility index (Phi) is 6.09. The van der Waals surface area contributed by atoms with Gasteiger partial charge in [0.05, 0.1) is 0 Å². The third kappa shape index (κ3) is 3.97. The van der Waals surface area contributed by atoms with Crippen LogP contribution in [-0.2, 0) is 3.07 Å². The molecule has 0 amide bonds. The molecule has 1 aliphatic heterocycles. The van der Waals surface area contributed by atoms with Crippen molar-refractivity contribution in [3.63, 3.8) is 0 Å². The number of hydrogen-bond donors (Lipinski definition) is 3. The summed E-state index contributed by atoms with van der Waals surface area (Å²) in [4.78, 5) is 11.4. The molecular formula is C26H22FIN3O3-. The number of nitrogen functional groups attached to an aromatic ring is 1. The van der Waals surface area contributed by atoms with Gasteiger partial charge in [0.15, 0.2) is 0 Å². The van der Waals surface area contributed by atoms with Crippen LogP contribution in [0.25, 0.3) is 27.7 Å². The number of nitrogens with one attached hydrogen (secondary N) is 1. The van der Waals surface area contributed by atoms with Crippen molar-refractivity contribution in [3.05, 3.63) is 83.3 Å². The van der Waals surface area contributed by atoms with Crippen LogP contribution in [0.2, 0.25) is 0 Å². The van der Waals surface area contributed by atoms with Crippen molar-refractivity contribution in [3.8, 4) is 16.8 Å². The summed E-state index contributed by atoms with van der Waals surface area (Å²) < 4.78 is 22.1. The molecule has 174 valence electrons. The van der Waals surface area contributed by atoms with E-state index in [4.69, 9.17) is 14.2 Å². The van der Waals surface area contributed by atoms with Crippen LogP contribution in [0.15, 0.2) is 60.7 Å². The van der Waals surface area contributed by atoms with E-state index < -0.39 is 27.6 Å². The van der Waals surface area contributed by atoms with E-state index in [2.05, 4.69) is 4.57 Å². The van der Waals surface area contributed by atoms with E-state index in [0.717, 1.165) is 52.9 Å². The molecule has 4 aromatic rings. The average molecular weight is 570 g/mol. The number of benzene rings is 3. The number of aromatic nitrogens is 1. The van der Waals surface area contributed by atoms with Crippen LogP contribution in [0.3, 0.4) is 0 Å². The first-order valence-electron chi connectivity index (χ1n) is 10.8. The van der Waals surface area contributed by atoms with E-state index in [1.54, 1.807) is 24.3 Å². The average Bonchev–Trinajstić information content (AvgIpc) is 3.18. The minimum absolute atomic E-state index is 0.184. The fourth-order valence-corrected chi connectivity index (χ4v) is 6.95. The molecular weight excluding hydrogens is 548 g/mol. The Labute approximate surface area is 206 Å². The summed E-state index contributed by atoms with van der Waals surface area (Å²) in [7, 11) is 0. The first-order valence-corrected chi connectivity index (χ1v) is 12.9. The standard InChI is InChI=1S/C26H22FIN3O3/c27-18-7-9-19(10-8-18)31-23-12-17(14-29)22(30)13-20(23)24(25(31)21-2-1-11-34-28-21)15-3-5-16(6-4-15)26(32)33/h3-10,12-14,21,29H,1-2,11,30H2,(H,32,33)/q-1. The molecule has 1 aliphatic rings. The molecule has 8 heteroatoms. The molecule has 1 aromatic heterocycles. The van der Waals surface area contributed by atoms with Crippen molar-refractivity contribution in [2.24, 2.45) is 0 Å². The van der Waals surface area contributed by atoms with Crippen LogP contribution in [0, 0.1) is 11.2 Å². The maximum atomic E-state index is 13.8. The van der Waals surface area contributed by atoms with Crippen LogP contribution < -0.4 is 27.4 Å². The van der Waals surface area contributed by atoms with Crippen LogP contribution in [0.5, 0.6) is 0 Å².